The zero-order valence-corrected chi connectivity index (χ0v) is 27.6. The van der Waals surface area contributed by atoms with E-state index >= 15 is 0 Å². The molecule has 0 bridgehead atoms. The lowest BCUT2D eigenvalue weighted by atomic mass is 10.0. The summed E-state index contributed by atoms with van der Waals surface area (Å²) in [5.41, 5.74) is 3.28. The average Bonchev–Trinajstić information content (AvgIpc) is 3.84. The molecule has 0 radical (unpaired) electrons. The molecule has 1 aromatic heterocycles. The fraction of sp³-hybridized carbons (Fsp3) is 0.486. The molecule has 3 aromatic rings. The molecule has 3 aliphatic rings. The molecule has 1 aliphatic carbocycles. The standard InChI is InChI=1S/C37H45N5O5/c1-24-32(25(2)39-37(38-24)47-33(36(45)46-3)27-14-8-5-9-15-27)35(44)42-22-29-20-41(21-30(29)23-42)19-18-31(26-12-6-4-7-13-26)40-34(43)28-16-10-11-17-28/h4-9,12-15,28-31,33H,10-11,16-23H2,1-3H3,(H,40,43)/t29?,30?,31?,33-/m1/s1. The summed E-state index contributed by atoms with van der Waals surface area (Å²) in [6.07, 6.45) is 4.10. The Kier molecular flexibility index (Phi) is 10.2. The van der Waals surface area contributed by atoms with Gasteiger partial charge in [-0.2, -0.15) is 9.97 Å². The van der Waals surface area contributed by atoms with Gasteiger partial charge in [-0.3, -0.25) is 9.59 Å². The lowest BCUT2D eigenvalue weighted by Gasteiger charge is -2.26. The van der Waals surface area contributed by atoms with Crippen LogP contribution in [-0.4, -0.2) is 77.4 Å². The molecule has 248 valence electrons. The molecule has 0 spiro atoms. The van der Waals surface area contributed by atoms with Crippen molar-refractivity contribution >= 4 is 17.8 Å². The first kappa shape index (κ1) is 32.6. The van der Waals surface area contributed by atoms with Crippen LogP contribution >= 0.6 is 0 Å². The lowest BCUT2D eigenvalue weighted by Crippen LogP contribution is -2.37. The Morgan fingerprint density at radius 3 is 2.00 bits per heavy atom. The molecular weight excluding hydrogens is 594 g/mol. The van der Waals surface area contributed by atoms with Crippen molar-refractivity contribution in [2.75, 3.05) is 39.8 Å². The van der Waals surface area contributed by atoms with E-state index in [0.717, 1.165) is 57.3 Å². The largest absolute Gasteiger partial charge is 0.466 e. The monoisotopic (exact) mass is 639 g/mol. The third kappa shape index (κ3) is 7.48. The number of fused-ring (bicyclic) bond motifs is 1. The van der Waals surface area contributed by atoms with E-state index < -0.39 is 12.1 Å². The van der Waals surface area contributed by atoms with Crippen molar-refractivity contribution in [3.63, 3.8) is 0 Å². The Morgan fingerprint density at radius 1 is 0.851 bits per heavy atom. The van der Waals surface area contributed by atoms with Crippen LogP contribution in [0.4, 0.5) is 0 Å². The van der Waals surface area contributed by atoms with Crippen LogP contribution in [0, 0.1) is 31.6 Å². The minimum Gasteiger partial charge on any atom is -0.466 e. The highest BCUT2D eigenvalue weighted by molar-refractivity contribution is 5.96. The minimum absolute atomic E-state index is 0.00342. The molecule has 2 aromatic carbocycles. The molecule has 47 heavy (non-hydrogen) atoms. The van der Waals surface area contributed by atoms with Crippen molar-refractivity contribution in [2.24, 2.45) is 17.8 Å². The maximum absolute atomic E-state index is 13.8. The van der Waals surface area contributed by atoms with Gasteiger partial charge >= 0.3 is 12.0 Å². The number of carbonyl (C=O) groups excluding carboxylic acids is 3. The summed E-state index contributed by atoms with van der Waals surface area (Å²) in [6, 6.07) is 19.4. The molecule has 2 saturated heterocycles. The SMILES string of the molecule is COC(=O)[C@H](Oc1nc(C)c(C(=O)N2CC3CN(CCC(NC(=O)C4CCCC4)c4ccccc4)CC3C2)c(C)n1)c1ccccc1. The van der Waals surface area contributed by atoms with Crippen molar-refractivity contribution in [2.45, 2.75) is 58.1 Å². The number of rotatable bonds is 11. The number of aryl methyl sites for hydroxylation is 2. The van der Waals surface area contributed by atoms with Crippen LogP contribution < -0.4 is 10.1 Å². The summed E-state index contributed by atoms with van der Waals surface area (Å²) in [5, 5.41) is 3.37. The Labute approximate surface area is 276 Å². The average molecular weight is 640 g/mol. The molecule has 4 atom stereocenters. The fourth-order valence-electron chi connectivity index (χ4n) is 7.53. The van der Waals surface area contributed by atoms with Crippen LogP contribution in [0.5, 0.6) is 6.01 Å². The fourth-order valence-corrected chi connectivity index (χ4v) is 7.53. The van der Waals surface area contributed by atoms with Gasteiger partial charge in [0.05, 0.1) is 30.1 Å². The maximum Gasteiger partial charge on any atom is 0.351 e. The number of nitrogens with zero attached hydrogens (tertiary/aromatic N) is 4. The van der Waals surface area contributed by atoms with Crippen molar-refractivity contribution in [3.8, 4) is 6.01 Å². The van der Waals surface area contributed by atoms with Crippen molar-refractivity contribution in [1.29, 1.82) is 0 Å². The van der Waals surface area contributed by atoms with E-state index in [4.69, 9.17) is 9.47 Å². The first-order chi connectivity index (χ1) is 22.8. The quantitative estimate of drug-likeness (QED) is 0.297. The molecule has 2 amide bonds. The van der Waals surface area contributed by atoms with Crippen LogP contribution in [0.3, 0.4) is 0 Å². The number of hydrogen-bond acceptors (Lipinski definition) is 8. The van der Waals surface area contributed by atoms with E-state index in [0.29, 0.717) is 47.4 Å². The maximum atomic E-state index is 13.8. The molecule has 6 rings (SSSR count). The molecule has 10 nitrogen and oxygen atoms in total. The van der Waals surface area contributed by atoms with Crippen LogP contribution in [0.25, 0.3) is 0 Å². The van der Waals surface area contributed by atoms with Crippen molar-refractivity contribution in [1.82, 2.24) is 25.1 Å². The van der Waals surface area contributed by atoms with Gasteiger partial charge in [0.25, 0.3) is 5.91 Å². The summed E-state index contributed by atoms with van der Waals surface area (Å²) in [6.45, 7) is 7.69. The number of aromatic nitrogens is 2. The van der Waals surface area contributed by atoms with E-state index in [1.54, 1.807) is 26.0 Å². The number of ether oxygens (including phenoxy) is 2. The normalized spacial score (nSPS) is 20.9. The van der Waals surface area contributed by atoms with Gasteiger partial charge in [-0.15, -0.1) is 0 Å². The Hall–Kier alpha value is -4.31. The van der Waals surface area contributed by atoms with Gasteiger partial charge < -0.3 is 24.6 Å². The van der Waals surface area contributed by atoms with E-state index in [2.05, 4.69) is 32.3 Å². The first-order valence-electron chi connectivity index (χ1n) is 16.8. The zero-order chi connectivity index (χ0) is 32.9. The molecule has 3 heterocycles. The van der Waals surface area contributed by atoms with Gasteiger partial charge in [0.2, 0.25) is 12.0 Å². The number of likely N-dealkylation sites (tertiary alicyclic amines) is 2. The van der Waals surface area contributed by atoms with E-state index in [1.807, 2.05) is 41.3 Å². The summed E-state index contributed by atoms with van der Waals surface area (Å²) in [5.74, 6) is 0.507. The van der Waals surface area contributed by atoms with Gasteiger partial charge in [-0.05, 0) is 50.5 Å². The summed E-state index contributed by atoms with van der Waals surface area (Å²) in [7, 11) is 1.31. The third-order valence-corrected chi connectivity index (χ3v) is 10.0. The van der Waals surface area contributed by atoms with E-state index in [1.165, 1.54) is 7.11 Å². The highest BCUT2D eigenvalue weighted by Gasteiger charge is 2.42. The second-order valence-corrected chi connectivity index (χ2v) is 13.2. The number of carbonyl (C=O) groups is 3. The van der Waals surface area contributed by atoms with Gasteiger partial charge in [-0.25, -0.2) is 4.79 Å². The van der Waals surface area contributed by atoms with E-state index in [9.17, 15) is 14.4 Å². The van der Waals surface area contributed by atoms with Crippen LogP contribution in [0.2, 0.25) is 0 Å². The molecule has 2 aliphatic heterocycles. The number of benzene rings is 2. The molecule has 1 N–H and O–H groups in total. The molecule has 3 unspecified atom stereocenters. The van der Waals surface area contributed by atoms with E-state index in [-0.39, 0.29) is 29.8 Å². The summed E-state index contributed by atoms with van der Waals surface area (Å²) >= 11 is 0. The molecule has 3 fully saturated rings. The summed E-state index contributed by atoms with van der Waals surface area (Å²) < 4.78 is 10.9. The molecule has 1 saturated carbocycles. The predicted octanol–water partition coefficient (Wildman–Crippen LogP) is 4.83. The number of esters is 1. The topological polar surface area (TPSA) is 114 Å². The van der Waals surface area contributed by atoms with Gasteiger partial charge in [0, 0.05) is 44.2 Å². The molecule has 10 heteroatoms. The van der Waals surface area contributed by atoms with Crippen LogP contribution in [0.1, 0.15) is 77.1 Å². The highest BCUT2D eigenvalue weighted by Crippen LogP contribution is 2.34. The Morgan fingerprint density at radius 2 is 1.43 bits per heavy atom. The third-order valence-electron chi connectivity index (χ3n) is 10.0. The number of nitrogens with one attached hydrogen (secondary N) is 1. The number of amides is 2. The second-order valence-electron chi connectivity index (χ2n) is 13.2. The number of hydrogen-bond donors (Lipinski definition) is 1. The Balaban J connectivity index is 1.05. The van der Waals surface area contributed by atoms with Crippen molar-refractivity contribution in [3.05, 3.63) is 88.7 Å². The van der Waals surface area contributed by atoms with Gasteiger partial charge in [-0.1, -0.05) is 73.5 Å². The first-order valence-corrected chi connectivity index (χ1v) is 16.8. The number of methoxy groups -OCH3 is 1. The predicted molar refractivity (Wildman–Crippen MR) is 177 cm³/mol. The minimum atomic E-state index is -1.02. The Bertz CT molecular complexity index is 1520. The lowest BCUT2D eigenvalue weighted by molar-refractivity contribution is -0.149. The summed E-state index contributed by atoms with van der Waals surface area (Å²) in [4.78, 5) is 52.7. The van der Waals surface area contributed by atoms with Gasteiger partial charge in [0.1, 0.15) is 0 Å². The second kappa shape index (κ2) is 14.6. The zero-order valence-electron chi connectivity index (χ0n) is 27.6. The van der Waals surface area contributed by atoms with Crippen molar-refractivity contribution < 1.29 is 23.9 Å². The molecular formula is C37H45N5O5. The van der Waals surface area contributed by atoms with Crippen LogP contribution in [0.15, 0.2) is 60.7 Å². The van der Waals surface area contributed by atoms with Crippen LogP contribution in [-0.2, 0) is 14.3 Å². The smallest absolute Gasteiger partial charge is 0.351 e. The highest BCUT2D eigenvalue weighted by atomic mass is 16.6. The van der Waals surface area contributed by atoms with Gasteiger partial charge in [0.15, 0.2) is 0 Å².